The van der Waals surface area contributed by atoms with Crippen LogP contribution in [0.2, 0.25) is 0 Å². The minimum atomic E-state index is -3.52. The Morgan fingerprint density at radius 3 is 2.40 bits per heavy atom. The van der Waals surface area contributed by atoms with E-state index in [1.807, 2.05) is 13.8 Å². The molecule has 6 nitrogen and oxygen atoms in total. The molecule has 0 amide bonds. The van der Waals surface area contributed by atoms with Crippen molar-refractivity contribution in [3.05, 3.63) is 11.4 Å². The second-order valence-electron chi connectivity index (χ2n) is 5.95. The van der Waals surface area contributed by atoms with E-state index in [2.05, 4.69) is 9.82 Å². The second kappa shape index (κ2) is 6.24. The van der Waals surface area contributed by atoms with Gasteiger partial charge in [0.05, 0.1) is 11.4 Å². The lowest BCUT2D eigenvalue weighted by Crippen LogP contribution is -2.27. The van der Waals surface area contributed by atoms with Crippen molar-refractivity contribution in [1.82, 2.24) is 14.5 Å². The Morgan fingerprint density at radius 2 is 1.95 bits per heavy atom. The van der Waals surface area contributed by atoms with Crippen LogP contribution in [0.3, 0.4) is 0 Å². The van der Waals surface area contributed by atoms with E-state index in [9.17, 15) is 8.42 Å². The summed E-state index contributed by atoms with van der Waals surface area (Å²) < 4.78 is 28.7. The van der Waals surface area contributed by atoms with E-state index in [0.717, 1.165) is 6.42 Å². The first-order valence-electron chi connectivity index (χ1n) is 6.71. The van der Waals surface area contributed by atoms with Crippen LogP contribution in [0.15, 0.2) is 4.90 Å². The number of aromatic nitrogens is 2. The summed E-state index contributed by atoms with van der Waals surface area (Å²) in [4.78, 5) is 0.265. The third kappa shape index (κ3) is 4.04. The van der Waals surface area contributed by atoms with E-state index in [0.29, 0.717) is 24.4 Å². The second-order valence-corrected chi connectivity index (χ2v) is 7.65. The molecule has 0 atom stereocenters. The number of aryl methyl sites for hydroxylation is 2. The van der Waals surface area contributed by atoms with E-state index in [1.165, 1.54) is 0 Å². The predicted molar refractivity (Wildman–Crippen MR) is 78.0 cm³/mol. The Labute approximate surface area is 121 Å². The van der Waals surface area contributed by atoms with Gasteiger partial charge in [-0.05, 0) is 32.1 Å². The Morgan fingerprint density at radius 1 is 1.35 bits per heavy atom. The first-order chi connectivity index (χ1) is 9.10. The van der Waals surface area contributed by atoms with Gasteiger partial charge in [-0.3, -0.25) is 4.68 Å². The summed E-state index contributed by atoms with van der Waals surface area (Å²) in [5.41, 5.74) is 0.963. The molecule has 0 aliphatic carbocycles. The van der Waals surface area contributed by atoms with Gasteiger partial charge in [-0.1, -0.05) is 13.8 Å². The SMILES string of the molecule is Cc1nn(C)c(C)c1S(=O)(=O)NCCCC(C)(C)CO. The summed E-state index contributed by atoms with van der Waals surface area (Å²) in [5.74, 6) is 0. The summed E-state index contributed by atoms with van der Waals surface area (Å²) in [6, 6.07) is 0. The van der Waals surface area contributed by atoms with Gasteiger partial charge < -0.3 is 5.11 Å². The van der Waals surface area contributed by atoms with Crippen molar-refractivity contribution in [2.24, 2.45) is 12.5 Å². The quantitative estimate of drug-likeness (QED) is 0.739. The van der Waals surface area contributed by atoms with Gasteiger partial charge in [-0.15, -0.1) is 0 Å². The summed E-state index contributed by atoms with van der Waals surface area (Å²) in [6.45, 7) is 7.80. The van der Waals surface area contributed by atoms with Crippen LogP contribution in [0.1, 0.15) is 38.1 Å². The van der Waals surface area contributed by atoms with Crippen molar-refractivity contribution in [3.63, 3.8) is 0 Å². The maximum atomic E-state index is 12.3. The Bertz CT molecular complexity index is 562. The number of nitrogens with zero attached hydrogens (tertiary/aromatic N) is 2. The standard InChI is InChI=1S/C13H25N3O3S/c1-10-12(11(2)16(5)15-10)20(18,19)14-8-6-7-13(3,4)9-17/h14,17H,6-9H2,1-5H3. The molecule has 0 aromatic carbocycles. The molecule has 0 saturated carbocycles. The lowest BCUT2D eigenvalue weighted by atomic mass is 9.89. The van der Waals surface area contributed by atoms with Gasteiger partial charge in [-0.2, -0.15) is 5.10 Å². The highest BCUT2D eigenvalue weighted by Gasteiger charge is 2.23. The zero-order valence-corrected chi connectivity index (χ0v) is 13.7. The Hall–Kier alpha value is -0.920. The molecule has 2 N–H and O–H groups in total. The van der Waals surface area contributed by atoms with Gasteiger partial charge in [0.15, 0.2) is 0 Å². The minimum absolute atomic E-state index is 0.0978. The highest BCUT2D eigenvalue weighted by molar-refractivity contribution is 7.89. The van der Waals surface area contributed by atoms with Crippen molar-refractivity contribution >= 4 is 10.0 Å². The minimum Gasteiger partial charge on any atom is -0.396 e. The van der Waals surface area contributed by atoms with Gasteiger partial charge in [0.1, 0.15) is 4.90 Å². The number of hydrogen-bond acceptors (Lipinski definition) is 4. The molecule has 1 aromatic rings. The first kappa shape index (κ1) is 17.1. The van der Waals surface area contributed by atoms with Crippen LogP contribution < -0.4 is 4.72 Å². The van der Waals surface area contributed by atoms with Crippen molar-refractivity contribution in [1.29, 1.82) is 0 Å². The molecule has 0 aliphatic rings. The summed E-state index contributed by atoms with van der Waals surface area (Å²) >= 11 is 0. The van der Waals surface area contributed by atoms with E-state index in [-0.39, 0.29) is 16.9 Å². The molecule has 7 heteroatoms. The van der Waals surface area contributed by atoms with Gasteiger partial charge in [0.25, 0.3) is 0 Å². The lowest BCUT2D eigenvalue weighted by molar-refractivity contribution is 0.148. The smallest absolute Gasteiger partial charge is 0.244 e. The molecule has 0 aliphatic heterocycles. The molecule has 1 rings (SSSR count). The Kier molecular flexibility index (Phi) is 5.34. The van der Waals surface area contributed by atoms with Gasteiger partial charge in [0.2, 0.25) is 10.0 Å². The average molecular weight is 303 g/mol. The molecular formula is C13H25N3O3S. The fourth-order valence-electron chi connectivity index (χ4n) is 2.07. The number of aliphatic hydroxyl groups is 1. The largest absolute Gasteiger partial charge is 0.396 e. The summed E-state index contributed by atoms with van der Waals surface area (Å²) in [7, 11) is -1.79. The molecule has 0 bridgehead atoms. The number of rotatable bonds is 7. The van der Waals surface area contributed by atoms with Crippen molar-refractivity contribution in [2.75, 3.05) is 13.2 Å². The number of hydrogen-bond donors (Lipinski definition) is 2. The number of sulfonamides is 1. The average Bonchev–Trinajstić information content (AvgIpc) is 2.59. The van der Waals surface area contributed by atoms with Gasteiger partial charge in [-0.25, -0.2) is 13.1 Å². The van der Waals surface area contributed by atoms with E-state index < -0.39 is 10.0 Å². The Balaban J connectivity index is 2.68. The number of nitrogens with one attached hydrogen (secondary N) is 1. The monoisotopic (exact) mass is 303 g/mol. The van der Waals surface area contributed by atoms with Crippen molar-refractivity contribution in [3.8, 4) is 0 Å². The van der Waals surface area contributed by atoms with Crippen LogP contribution >= 0.6 is 0 Å². The normalized spacial score (nSPS) is 12.9. The van der Waals surface area contributed by atoms with Crippen LogP contribution in [-0.4, -0.2) is 36.5 Å². The van der Waals surface area contributed by atoms with Gasteiger partial charge >= 0.3 is 0 Å². The van der Waals surface area contributed by atoms with Gasteiger partial charge in [0, 0.05) is 20.2 Å². The molecular weight excluding hydrogens is 278 g/mol. The molecule has 0 unspecified atom stereocenters. The highest BCUT2D eigenvalue weighted by atomic mass is 32.2. The van der Waals surface area contributed by atoms with Crippen LogP contribution in [0.25, 0.3) is 0 Å². The summed E-state index contributed by atoms with van der Waals surface area (Å²) in [6.07, 6.45) is 1.45. The lowest BCUT2D eigenvalue weighted by Gasteiger charge is -2.21. The third-order valence-corrected chi connectivity index (χ3v) is 5.17. The van der Waals surface area contributed by atoms with Crippen LogP contribution in [0, 0.1) is 19.3 Å². The summed E-state index contributed by atoms with van der Waals surface area (Å²) in [5, 5.41) is 13.3. The zero-order valence-electron chi connectivity index (χ0n) is 12.9. The maximum Gasteiger partial charge on any atom is 0.244 e. The molecule has 1 aromatic heterocycles. The maximum absolute atomic E-state index is 12.3. The first-order valence-corrected chi connectivity index (χ1v) is 8.20. The van der Waals surface area contributed by atoms with E-state index in [4.69, 9.17) is 5.11 Å². The molecule has 0 fully saturated rings. The molecule has 0 radical (unpaired) electrons. The molecule has 0 spiro atoms. The fourth-order valence-corrected chi connectivity index (χ4v) is 3.58. The van der Waals surface area contributed by atoms with Crippen LogP contribution in [0.4, 0.5) is 0 Å². The predicted octanol–water partition coefficient (Wildman–Crippen LogP) is 1.11. The zero-order chi connectivity index (χ0) is 15.6. The molecule has 116 valence electrons. The van der Waals surface area contributed by atoms with Crippen LogP contribution in [-0.2, 0) is 17.1 Å². The van der Waals surface area contributed by atoms with Crippen LogP contribution in [0.5, 0.6) is 0 Å². The molecule has 1 heterocycles. The van der Waals surface area contributed by atoms with E-state index in [1.54, 1.807) is 25.6 Å². The third-order valence-electron chi connectivity index (χ3n) is 3.46. The topological polar surface area (TPSA) is 84.2 Å². The van der Waals surface area contributed by atoms with E-state index >= 15 is 0 Å². The molecule has 0 saturated heterocycles. The van der Waals surface area contributed by atoms with Crippen molar-refractivity contribution in [2.45, 2.75) is 45.4 Å². The highest BCUT2D eigenvalue weighted by Crippen LogP contribution is 2.21. The number of aliphatic hydroxyl groups excluding tert-OH is 1. The van der Waals surface area contributed by atoms with Crippen molar-refractivity contribution < 1.29 is 13.5 Å². The fraction of sp³-hybridized carbons (Fsp3) is 0.769. The molecule has 20 heavy (non-hydrogen) atoms.